The van der Waals surface area contributed by atoms with Crippen molar-refractivity contribution in [2.24, 2.45) is 0 Å². The van der Waals surface area contributed by atoms with E-state index in [-0.39, 0.29) is 0 Å². The van der Waals surface area contributed by atoms with Crippen LogP contribution >= 0.6 is 11.3 Å². The zero-order valence-electron chi connectivity index (χ0n) is 12.0. The maximum atomic E-state index is 6.04. The Kier molecular flexibility index (Phi) is 4.10. The van der Waals surface area contributed by atoms with Crippen LogP contribution in [0.1, 0.15) is 30.0 Å². The summed E-state index contributed by atoms with van der Waals surface area (Å²) in [6, 6.07) is 8.42. The number of nitrogens with zero attached hydrogens (tertiary/aromatic N) is 2. The van der Waals surface area contributed by atoms with Crippen LogP contribution < -0.4 is 10.6 Å². The van der Waals surface area contributed by atoms with Gasteiger partial charge in [0.2, 0.25) is 0 Å². The standard InChI is InChI=1S/C15H21N3S/c1-10(2)18(15-17-11(3)12(4)19-15)9-13-7-5-6-8-14(13)16/h5-8,10H,9,16H2,1-4H3. The van der Waals surface area contributed by atoms with Gasteiger partial charge >= 0.3 is 0 Å². The lowest BCUT2D eigenvalue weighted by atomic mass is 10.1. The second-order valence-electron chi connectivity index (χ2n) is 5.06. The summed E-state index contributed by atoms with van der Waals surface area (Å²) >= 11 is 1.75. The molecule has 0 atom stereocenters. The summed E-state index contributed by atoms with van der Waals surface area (Å²) in [6.45, 7) is 9.35. The summed E-state index contributed by atoms with van der Waals surface area (Å²) in [7, 11) is 0. The van der Waals surface area contributed by atoms with Gasteiger partial charge in [-0.2, -0.15) is 0 Å². The van der Waals surface area contributed by atoms with Gasteiger partial charge in [0.15, 0.2) is 5.13 Å². The molecule has 0 unspecified atom stereocenters. The van der Waals surface area contributed by atoms with Crippen molar-refractivity contribution in [3.63, 3.8) is 0 Å². The topological polar surface area (TPSA) is 42.2 Å². The number of nitrogen functional groups attached to an aromatic ring is 1. The number of anilines is 2. The summed E-state index contributed by atoms with van der Waals surface area (Å²) in [5.41, 5.74) is 9.16. The fraction of sp³-hybridized carbons (Fsp3) is 0.400. The highest BCUT2D eigenvalue weighted by molar-refractivity contribution is 7.15. The molecule has 3 nitrogen and oxygen atoms in total. The maximum Gasteiger partial charge on any atom is 0.186 e. The van der Waals surface area contributed by atoms with Crippen molar-refractivity contribution in [1.82, 2.24) is 4.98 Å². The quantitative estimate of drug-likeness (QED) is 0.864. The van der Waals surface area contributed by atoms with E-state index in [1.165, 1.54) is 4.88 Å². The second-order valence-corrected chi connectivity index (χ2v) is 6.24. The van der Waals surface area contributed by atoms with Crippen molar-refractivity contribution in [1.29, 1.82) is 0 Å². The van der Waals surface area contributed by atoms with E-state index in [1.807, 2.05) is 18.2 Å². The number of para-hydroxylation sites is 1. The Bertz CT molecular complexity index is 541. The van der Waals surface area contributed by atoms with Crippen LogP contribution in [0.2, 0.25) is 0 Å². The average Bonchev–Trinajstić information content (AvgIpc) is 2.68. The van der Waals surface area contributed by atoms with Gasteiger partial charge in [0.25, 0.3) is 0 Å². The van der Waals surface area contributed by atoms with E-state index in [0.717, 1.165) is 28.6 Å². The molecule has 0 saturated carbocycles. The van der Waals surface area contributed by atoms with Crippen LogP contribution in [-0.2, 0) is 6.54 Å². The number of aromatic nitrogens is 1. The van der Waals surface area contributed by atoms with Crippen molar-refractivity contribution in [2.75, 3.05) is 10.6 Å². The van der Waals surface area contributed by atoms with Crippen LogP contribution in [0.4, 0.5) is 10.8 Å². The number of nitrogens with two attached hydrogens (primary N) is 1. The van der Waals surface area contributed by atoms with E-state index in [4.69, 9.17) is 5.73 Å². The predicted octanol–water partition coefficient (Wildman–Crippen LogP) is 3.76. The van der Waals surface area contributed by atoms with Crippen molar-refractivity contribution < 1.29 is 0 Å². The Balaban J connectivity index is 2.29. The first-order chi connectivity index (χ1) is 8.99. The predicted molar refractivity (Wildman–Crippen MR) is 83.8 cm³/mol. The number of hydrogen-bond donors (Lipinski definition) is 1. The van der Waals surface area contributed by atoms with Gasteiger partial charge in [-0.15, -0.1) is 11.3 Å². The number of rotatable bonds is 4. The largest absolute Gasteiger partial charge is 0.398 e. The number of thiazole rings is 1. The van der Waals surface area contributed by atoms with Gasteiger partial charge in [0.1, 0.15) is 0 Å². The monoisotopic (exact) mass is 275 g/mol. The van der Waals surface area contributed by atoms with E-state index in [9.17, 15) is 0 Å². The van der Waals surface area contributed by atoms with E-state index >= 15 is 0 Å². The minimum atomic E-state index is 0.393. The molecule has 0 radical (unpaired) electrons. The third-order valence-electron chi connectivity index (χ3n) is 3.28. The average molecular weight is 275 g/mol. The zero-order valence-corrected chi connectivity index (χ0v) is 12.8. The molecule has 4 heteroatoms. The molecule has 0 spiro atoms. The minimum Gasteiger partial charge on any atom is -0.398 e. The molecule has 0 aliphatic heterocycles. The summed E-state index contributed by atoms with van der Waals surface area (Å²) in [4.78, 5) is 8.24. The molecule has 19 heavy (non-hydrogen) atoms. The van der Waals surface area contributed by atoms with Crippen LogP contribution in [0.5, 0.6) is 0 Å². The summed E-state index contributed by atoms with van der Waals surface area (Å²) in [5, 5.41) is 1.08. The number of aryl methyl sites for hydroxylation is 2. The lowest BCUT2D eigenvalue weighted by Gasteiger charge is -2.26. The fourth-order valence-corrected chi connectivity index (χ4v) is 2.95. The highest BCUT2D eigenvalue weighted by atomic mass is 32.1. The van der Waals surface area contributed by atoms with Gasteiger partial charge in [0.05, 0.1) is 5.69 Å². The Morgan fingerprint density at radius 3 is 2.47 bits per heavy atom. The first kappa shape index (κ1) is 13.9. The van der Waals surface area contributed by atoms with Gasteiger partial charge in [-0.05, 0) is 39.3 Å². The van der Waals surface area contributed by atoms with Gasteiger partial charge in [-0.25, -0.2) is 4.98 Å². The van der Waals surface area contributed by atoms with Crippen LogP contribution in [0.15, 0.2) is 24.3 Å². The molecule has 1 heterocycles. The molecule has 0 aliphatic rings. The Hall–Kier alpha value is -1.55. The van der Waals surface area contributed by atoms with E-state index < -0.39 is 0 Å². The molecule has 0 amide bonds. The molecule has 1 aromatic heterocycles. The Morgan fingerprint density at radius 2 is 1.95 bits per heavy atom. The third kappa shape index (κ3) is 3.07. The van der Waals surface area contributed by atoms with Crippen molar-refractivity contribution in [3.05, 3.63) is 40.4 Å². The molecule has 0 fully saturated rings. The lowest BCUT2D eigenvalue weighted by molar-refractivity contribution is 0.680. The zero-order chi connectivity index (χ0) is 14.0. The van der Waals surface area contributed by atoms with Gasteiger partial charge < -0.3 is 10.6 Å². The van der Waals surface area contributed by atoms with E-state index in [0.29, 0.717) is 6.04 Å². The SMILES string of the molecule is Cc1nc(N(Cc2ccccc2N)C(C)C)sc1C. The second kappa shape index (κ2) is 5.61. The minimum absolute atomic E-state index is 0.393. The Morgan fingerprint density at radius 1 is 1.26 bits per heavy atom. The van der Waals surface area contributed by atoms with Crippen LogP contribution in [0.25, 0.3) is 0 Å². The molecule has 0 bridgehead atoms. The smallest absolute Gasteiger partial charge is 0.186 e. The molecule has 0 aliphatic carbocycles. The van der Waals surface area contributed by atoms with E-state index in [1.54, 1.807) is 11.3 Å². The summed E-state index contributed by atoms with van der Waals surface area (Å²) in [5.74, 6) is 0. The highest BCUT2D eigenvalue weighted by Crippen LogP contribution is 2.28. The van der Waals surface area contributed by atoms with Gasteiger partial charge in [0, 0.05) is 23.2 Å². The summed E-state index contributed by atoms with van der Waals surface area (Å²) in [6.07, 6.45) is 0. The normalized spacial score (nSPS) is 11.0. The summed E-state index contributed by atoms with van der Waals surface area (Å²) < 4.78 is 0. The number of benzene rings is 1. The Labute approximate surface area is 119 Å². The van der Waals surface area contributed by atoms with Crippen LogP contribution in [-0.4, -0.2) is 11.0 Å². The molecule has 2 rings (SSSR count). The molecular formula is C15H21N3S. The number of hydrogen-bond acceptors (Lipinski definition) is 4. The molecule has 102 valence electrons. The van der Waals surface area contributed by atoms with Crippen molar-refractivity contribution in [3.8, 4) is 0 Å². The van der Waals surface area contributed by atoms with Crippen LogP contribution in [0.3, 0.4) is 0 Å². The van der Waals surface area contributed by atoms with Crippen molar-refractivity contribution in [2.45, 2.75) is 40.3 Å². The molecule has 2 N–H and O–H groups in total. The first-order valence-electron chi connectivity index (χ1n) is 6.53. The van der Waals surface area contributed by atoms with E-state index in [2.05, 4.69) is 43.6 Å². The lowest BCUT2D eigenvalue weighted by Crippen LogP contribution is -2.30. The molecule has 0 saturated heterocycles. The fourth-order valence-electron chi connectivity index (χ4n) is 1.91. The third-order valence-corrected chi connectivity index (χ3v) is 4.39. The van der Waals surface area contributed by atoms with Crippen LogP contribution in [0, 0.1) is 13.8 Å². The van der Waals surface area contributed by atoms with Gasteiger partial charge in [-0.3, -0.25) is 0 Å². The first-order valence-corrected chi connectivity index (χ1v) is 7.34. The van der Waals surface area contributed by atoms with Crippen molar-refractivity contribution >= 4 is 22.2 Å². The molecule has 1 aromatic carbocycles. The molecule has 2 aromatic rings. The highest BCUT2D eigenvalue weighted by Gasteiger charge is 2.16. The van der Waals surface area contributed by atoms with Gasteiger partial charge in [-0.1, -0.05) is 18.2 Å². The molecular weight excluding hydrogens is 254 g/mol. The maximum absolute atomic E-state index is 6.04.